The van der Waals surface area contributed by atoms with Crippen molar-refractivity contribution in [1.29, 1.82) is 0 Å². The fourth-order valence-corrected chi connectivity index (χ4v) is 5.35. The van der Waals surface area contributed by atoms with Crippen molar-refractivity contribution in [3.05, 3.63) is 16.8 Å². The fraction of sp³-hybridized carbons (Fsp3) is 0.650. The molecule has 26 heavy (non-hydrogen) atoms. The predicted octanol–water partition coefficient (Wildman–Crippen LogP) is 3.83. The van der Waals surface area contributed by atoms with E-state index < -0.39 is 0 Å². The molecular formula is C20H28N4OS. The first-order valence-corrected chi connectivity index (χ1v) is 10.7. The lowest BCUT2D eigenvalue weighted by Gasteiger charge is -2.32. The van der Waals surface area contributed by atoms with E-state index in [1.165, 1.54) is 41.5 Å². The number of aromatic nitrogens is 2. The molecule has 3 heterocycles. The summed E-state index contributed by atoms with van der Waals surface area (Å²) in [6, 6.07) is 0. The van der Waals surface area contributed by atoms with E-state index in [-0.39, 0.29) is 11.8 Å². The summed E-state index contributed by atoms with van der Waals surface area (Å²) in [6.07, 6.45) is 8.70. The summed E-state index contributed by atoms with van der Waals surface area (Å²) in [7, 11) is 0. The predicted molar refractivity (Wildman–Crippen MR) is 107 cm³/mol. The Balaban J connectivity index is 1.38. The summed E-state index contributed by atoms with van der Waals surface area (Å²) in [5.74, 6) is 2.15. The van der Waals surface area contributed by atoms with E-state index in [4.69, 9.17) is 0 Å². The van der Waals surface area contributed by atoms with Crippen LogP contribution in [0.15, 0.2) is 6.33 Å². The number of nitrogens with one attached hydrogen (secondary N) is 1. The van der Waals surface area contributed by atoms with Crippen LogP contribution in [0.1, 0.15) is 49.0 Å². The smallest absolute Gasteiger partial charge is 0.223 e. The molecule has 2 aromatic heterocycles. The number of carbonyl (C=O) groups excluding carboxylic acids is 1. The normalized spacial score (nSPS) is 19.4. The molecule has 0 atom stereocenters. The summed E-state index contributed by atoms with van der Waals surface area (Å²) >= 11 is 1.74. The van der Waals surface area contributed by atoms with E-state index in [0.29, 0.717) is 5.92 Å². The topological polar surface area (TPSA) is 58.1 Å². The second-order valence-electron chi connectivity index (χ2n) is 7.82. The maximum atomic E-state index is 12.5. The van der Waals surface area contributed by atoms with Crippen LogP contribution in [0.5, 0.6) is 0 Å². The van der Waals surface area contributed by atoms with Crippen molar-refractivity contribution in [3.8, 4) is 0 Å². The van der Waals surface area contributed by atoms with Gasteiger partial charge < -0.3 is 10.2 Å². The van der Waals surface area contributed by atoms with Gasteiger partial charge in [-0.05, 0) is 51.0 Å². The Bertz CT molecular complexity index is 788. The molecule has 2 aliphatic rings. The molecule has 0 unspecified atom stereocenters. The lowest BCUT2D eigenvalue weighted by molar-refractivity contribution is -0.125. The second-order valence-corrected chi connectivity index (χ2v) is 9.02. The van der Waals surface area contributed by atoms with Gasteiger partial charge in [-0.25, -0.2) is 9.97 Å². The van der Waals surface area contributed by atoms with Gasteiger partial charge in [-0.3, -0.25) is 4.79 Å². The first-order chi connectivity index (χ1) is 12.6. The summed E-state index contributed by atoms with van der Waals surface area (Å²) in [6.45, 7) is 6.96. The average molecular weight is 373 g/mol. The number of aryl methyl sites for hydroxylation is 2. The van der Waals surface area contributed by atoms with Crippen LogP contribution in [0.25, 0.3) is 10.2 Å². The zero-order valence-corrected chi connectivity index (χ0v) is 16.6. The highest BCUT2D eigenvalue weighted by molar-refractivity contribution is 7.18. The Hall–Kier alpha value is -1.69. The molecule has 4 rings (SSSR count). The number of fused-ring (bicyclic) bond motifs is 1. The van der Waals surface area contributed by atoms with Gasteiger partial charge in [0.1, 0.15) is 17.0 Å². The van der Waals surface area contributed by atoms with Crippen LogP contribution in [0.2, 0.25) is 0 Å². The summed E-state index contributed by atoms with van der Waals surface area (Å²) < 4.78 is 0. The van der Waals surface area contributed by atoms with Gasteiger partial charge >= 0.3 is 0 Å². The minimum Gasteiger partial charge on any atom is -0.356 e. The third-order valence-corrected chi connectivity index (χ3v) is 7.27. The maximum Gasteiger partial charge on any atom is 0.223 e. The van der Waals surface area contributed by atoms with Crippen LogP contribution in [-0.2, 0) is 4.79 Å². The molecule has 5 nitrogen and oxygen atoms in total. The standard InChI is InChI=1S/C20H28N4OS/c1-13-14(2)26-20-17(13)18(22-12-23-20)24-9-7-16(8-10-24)19(25)21-11-15-5-3-4-6-15/h12,15-16H,3-11H2,1-2H3,(H,21,25). The number of hydrogen-bond donors (Lipinski definition) is 1. The summed E-state index contributed by atoms with van der Waals surface area (Å²) in [4.78, 5) is 26.3. The molecule has 2 aromatic rings. The number of thiophene rings is 1. The number of piperidine rings is 1. The van der Waals surface area contributed by atoms with Gasteiger partial charge in [0, 0.05) is 30.4 Å². The van der Waals surface area contributed by atoms with E-state index in [1.807, 2.05) is 0 Å². The van der Waals surface area contributed by atoms with Crippen LogP contribution in [0.4, 0.5) is 5.82 Å². The van der Waals surface area contributed by atoms with E-state index in [9.17, 15) is 4.79 Å². The van der Waals surface area contributed by atoms with Crippen molar-refractivity contribution >= 4 is 33.3 Å². The van der Waals surface area contributed by atoms with E-state index in [0.717, 1.165) is 43.1 Å². The number of amides is 1. The molecule has 1 aliphatic carbocycles. The number of hydrogen-bond acceptors (Lipinski definition) is 5. The fourth-order valence-electron chi connectivity index (χ4n) is 4.36. The number of anilines is 1. The molecule has 2 fully saturated rings. The minimum absolute atomic E-state index is 0.148. The van der Waals surface area contributed by atoms with Crippen LogP contribution in [0.3, 0.4) is 0 Å². The van der Waals surface area contributed by atoms with Gasteiger partial charge in [-0.1, -0.05) is 12.8 Å². The summed E-state index contributed by atoms with van der Waals surface area (Å²) in [5, 5.41) is 4.40. The first kappa shape index (κ1) is 17.7. The van der Waals surface area contributed by atoms with Gasteiger partial charge in [0.25, 0.3) is 0 Å². The van der Waals surface area contributed by atoms with Crippen molar-refractivity contribution in [3.63, 3.8) is 0 Å². The Kier molecular flexibility index (Phi) is 5.11. The van der Waals surface area contributed by atoms with Gasteiger partial charge in [-0.15, -0.1) is 11.3 Å². The number of nitrogens with zero attached hydrogens (tertiary/aromatic N) is 3. The van der Waals surface area contributed by atoms with E-state index in [1.54, 1.807) is 17.7 Å². The van der Waals surface area contributed by atoms with Crippen molar-refractivity contribution in [2.24, 2.45) is 11.8 Å². The monoisotopic (exact) mass is 372 g/mol. The molecule has 140 valence electrons. The first-order valence-electron chi connectivity index (χ1n) is 9.87. The molecule has 1 saturated carbocycles. The summed E-state index contributed by atoms with van der Waals surface area (Å²) in [5.41, 5.74) is 1.29. The molecule has 1 N–H and O–H groups in total. The lowest BCUT2D eigenvalue weighted by atomic mass is 9.95. The molecule has 1 aliphatic heterocycles. The van der Waals surface area contributed by atoms with Gasteiger partial charge in [0.05, 0.1) is 5.39 Å². The highest BCUT2D eigenvalue weighted by Crippen LogP contribution is 2.35. The Morgan fingerprint density at radius 3 is 2.65 bits per heavy atom. The molecule has 0 spiro atoms. The maximum absolute atomic E-state index is 12.5. The van der Waals surface area contributed by atoms with Crippen molar-refractivity contribution in [2.45, 2.75) is 52.4 Å². The molecule has 0 aromatic carbocycles. The van der Waals surface area contributed by atoms with Gasteiger partial charge in [0.15, 0.2) is 0 Å². The zero-order valence-electron chi connectivity index (χ0n) is 15.8. The quantitative estimate of drug-likeness (QED) is 0.886. The highest BCUT2D eigenvalue weighted by Gasteiger charge is 2.28. The second kappa shape index (κ2) is 7.51. The third kappa shape index (κ3) is 3.43. The van der Waals surface area contributed by atoms with Crippen LogP contribution >= 0.6 is 11.3 Å². The average Bonchev–Trinajstić information content (AvgIpc) is 3.28. The molecule has 6 heteroatoms. The van der Waals surface area contributed by atoms with Crippen LogP contribution in [-0.4, -0.2) is 35.5 Å². The molecule has 1 saturated heterocycles. The lowest BCUT2D eigenvalue weighted by Crippen LogP contribution is -2.41. The Morgan fingerprint density at radius 1 is 1.19 bits per heavy atom. The molecule has 0 bridgehead atoms. The van der Waals surface area contributed by atoms with E-state index >= 15 is 0 Å². The van der Waals surface area contributed by atoms with Crippen LogP contribution in [0, 0.1) is 25.7 Å². The van der Waals surface area contributed by atoms with Crippen molar-refractivity contribution < 1.29 is 4.79 Å². The zero-order chi connectivity index (χ0) is 18.1. The van der Waals surface area contributed by atoms with Crippen molar-refractivity contribution in [2.75, 3.05) is 24.5 Å². The Labute approximate surface area is 159 Å². The number of rotatable bonds is 4. The third-order valence-electron chi connectivity index (χ3n) is 6.15. The minimum atomic E-state index is 0.148. The molecular weight excluding hydrogens is 344 g/mol. The Morgan fingerprint density at radius 2 is 1.92 bits per heavy atom. The number of carbonyl (C=O) groups is 1. The van der Waals surface area contributed by atoms with Crippen LogP contribution < -0.4 is 10.2 Å². The SMILES string of the molecule is Cc1sc2ncnc(N3CCC(C(=O)NCC4CCCC4)CC3)c2c1C. The van der Waals surface area contributed by atoms with E-state index in [2.05, 4.69) is 34.0 Å². The van der Waals surface area contributed by atoms with Crippen molar-refractivity contribution in [1.82, 2.24) is 15.3 Å². The highest BCUT2D eigenvalue weighted by atomic mass is 32.1. The molecule has 0 radical (unpaired) electrons. The van der Waals surface area contributed by atoms with Gasteiger partial charge in [0.2, 0.25) is 5.91 Å². The largest absolute Gasteiger partial charge is 0.356 e. The van der Waals surface area contributed by atoms with Gasteiger partial charge in [-0.2, -0.15) is 0 Å². The molecule has 1 amide bonds.